The topological polar surface area (TPSA) is 66.4 Å². The summed E-state index contributed by atoms with van der Waals surface area (Å²) in [6, 6.07) is 0. The molecule has 2 N–H and O–H groups in total. The number of amides is 1. The van der Waals surface area contributed by atoms with E-state index in [9.17, 15) is 9.59 Å². The van der Waals surface area contributed by atoms with E-state index in [1.807, 2.05) is 0 Å². The smallest absolute Gasteiger partial charge is 0.303 e. The Kier molecular flexibility index (Phi) is 4.48. The molecular formula is C15H25NO3. The molecule has 0 heterocycles. The highest BCUT2D eigenvalue weighted by Gasteiger charge is 2.47. The molecule has 2 saturated carbocycles. The third-order valence-electron chi connectivity index (χ3n) is 4.45. The molecular weight excluding hydrogens is 242 g/mol. The molecule has 19 heavy (non-hydrogen) atoms. The van der Waals surface area contributed by atoms with Crippen molar-refractivity contribution in [3.63, 3.8) is 0 Å². The molecule has 0 aromatic rings. The lowest BCUT2D eigenvalue weighted by molar-refractivity contribution is -0.138. The van der Waals surface area contributed by atoms with E-state index >= 15 is 0 Å². The Balaban J connectivity index is 1.73. The second-order valence-electron chi connectivity index (χ2n) is 6.76. The zero-order chi connectivity index (χ0) is 14.0. The van der Waals surface area contributed by atoms with Gasteiger partial charge in [-0.05, 0) is 49.4 Å². The summed E-state index contributed by atoms with van der Waals surface area (Å²) in [5, 5.41) is 11.9. The molecule has 1 amide bonds. The zero-order valence-electron chi connectivity index (χ0n) is 11.9. The first kappa shape index (κ1) is 14.4. The van der Waals surface area contributed by atoms with Gasteiger partial charge in [-0.2, -0.15) is 0 Å². The average Bonchev–Trinajstić information content (AvgIpc) is 2.91. The van der Waals surface area contributed by atoms with Gasteiger partial charge < -0.3 is 10.4 Å². The van der Waals surface area contributed by atoms with E-state index in [0.29, 0.717) is 12.5 Å². The number of fused-ring (bicyclic) bond motifs is 1. The van der Waals surface area contributed by atoms with Crippen LogP contribution in [0.3, 0.4) is 0 Å². The lowest BCUT2D eigenvalue weighted by atomic mass is 9.93. The molecule has 2 aliphatic rings. The fraction of sp³-hybridized carbons (Fsp3) is 0.867. The Labute approximate surface area is 115 Å². The molecule has 2 rings (SSSR count). The lowest BCUT2D eigenvalue weighted by Gasteiger charge is -2.19. The van der Waals surface area contributed by atoms with Crippen molar-refractivity contribution in [2.45, 2.75) is 46.0 Å². The summed E-state index contributed by atoms with van der Waals surface area (Å²) in [7, 11) is 0. The van der Waals surface area contributed by atoms with Crippen LogP contribution in [0.5, 0.6) is 0 Å². The average molecular weight is 267 g/mol. The number of rotatable bonds is 7. The maximum atomic E-state index is 12.0. The normalized spacial score (nSPS) is 29.9. The molecule has 108 valence electrons. The highest BCUT2D eigenvalue weighted by Crippen LogP contribution is 2.54. The predicted octanol–water partition coefficient (Wildman–Crippen LogP) is 2.29. The highest BCUT2D eigenvalue weighted by molar-refractivity contribution is 5.79. The Bertz CT molecular complexity index is 343. The molecule has 2 aliphatic carbocycles. The van der Waals surface area contributed by atoms with Crippen LogP contribution >= 0.6 is 0 Å². The number of carboxylic acid groups (broad SMARTS) is 1. The summed E-state index contributed by atoms with van der Waals surface area (Å²) in [6.45, 7) is 4.68. The Hall–Kier alpha value is -1.06. The summed E-state index contributed by atoms with van der Waals surface area (Å²) in [6.07, 6.45) is 4.41. The molecule has 0 aromatic heterocycles. The summed E-state index contributed by atoms with van der Waals surface area (Å²) in [5.41, 5.74) is 0. The highest BCUT2D eigenvalue weighted by atomic mass is 16.4. The number of carbonyl (C=O) groups is 2. The minimum absolute atomic E-state index is 0.0531. The molecule has 3 atom stereocenters. The third kappa shape index (κ3) is 4.22. The molecule has 2 fully saturated rings. The Morgan fingerprint density at radius 1 is 1.21 bits per heavy atom. The van der Waals surface area contributed by atoms with Crippen LogP contribution in [0.25, 0.3) is 0 Å². The zero-order valence-corrected chi connectivity index (χ0v) is 11.9. The van der Waals surface area contributed by atoms with E-state index in [0.717, 1.165) is 31.1 Å². The van der Waals surface area contributed by atoms with Gasteiger partial charge in [0.25, 0.3) is 0 Å². The largest absolute Gasteiger partial charge is 0.481 e. The van der Waals surface area contributed by atoms with Gasteiger partial charge >= 0.3 is 5.97 Å². The lowest BCUT2D eigenvalue weighted by Crippen LogP contribution is -2.35. The summed E-state index contributed by atoms with van der Waals surface area (Å²) < 4.78 is 0. The fourth-order valence-electron chi connectivity index (χ4n) is 3.47. The molecule has 0 spiro atoms. The van der Waals surface area contributed by atoms with E-state index in [2.05, 4.69) is 19.2 Å². The van der Waals surface area contributed by atoms with Crippen molar-refractivity contribution in [1.82, 2.24) is 5.32 Å². The first-order valence-corrected chi connectivity index (χ1v) is 7.45. The predicted molar refractivity (Wildman–Crippen MR) is 72.5 cm³/mol. The number of hydrogen-bond acceptors (Lipinski definition) is 2. The minimum atomic E-state index is -0.776. The van der Waals surface area contributed by atoms with Crippen molar-refractivity contribution in [2.75, 3.05) is 6.54 Å². The van der Waals surface area contributed by atoms with Crippen LogP contribution in [-0.2, 0) is 9.59 Å². The van der Waals surface area contributed by atoms with Crippen LogP contribution in [-0.4, -0.2) is 23.5 Å². The van der Waals surface area contributed by atoms with Crippen molar-refractivity contribution in [3.8, 4) is 0 Å². The van der Waals surface area contributed by atoms with E-state index < -0.39 is 5.97 Å². The summed E-state index contributed by atoms with van der Waals surface area (Å²) in [5.74, 6) is 1.68. The van der Waals surface area contributed by atoms with Crippen LogP contribution in [0.1, 0.15) is 46.0 Å². The second-order valence-corrected chi connectivity index (χ2v) is 6.76. The van der Waals surface area contributed by atoms with Gasteiger partial charge in [0.15, 0.2) is 0 Å². The molecule has 4 nitrogen and oxygen atoms in total. The van der Waals surface area contributed by atoms with Crippen LogP contribution in [0.15, 0.2) is 0 Å². The van der Waals surface area contributed by atoms with E-state index in [1.54, 1.807) is 0 Å². The van der Waals surface area contributed by atoms with Crippen LogP contribution in [0.2, 0.25) is 0 Å². The quantitative estimate of drug-likeness (QED) is 0.743. The van der Waals surface area contributed by atoms with Crippen LogP contribution < -0.4 is 5.32 Å². The van der Waals surface area contributed by atoms with E-state index in [1.165, 1.54) is 6.42 Å². The van der Waals surface area contributed by atoms with E-state index in [4.69, 9.17) is 5.11 Å². The molecule has 4 heteroatoms. The minimum Gasteiger partial charge on any atom is -0.481 e. The molecule has 3 unspecified atom stereocenters. The third-order valence-corrected chi connectivity index (χ3v) is 4.45. The SMILES string of the molecule is CC(C)CC(CNC(=O)C1CC2CC2C1)CC(=O)O. The van der Waals surface area contributed by atoms with Gasteiger partial charge in [0, 0.05) is 18.9 Å². The van der Waals surface area contributed by atoms with Gasteiger partial charge in [0.1, 0.15) is 0 Å². The Morgan fingerprint density at radius 3 is 2.37 bits per heavy atom. The Morgan fingerprint density at radius 2 is 1.84 bits per heavy atom. The molecule has 0 aliphatic heterocycles. The maximum absolute atomic E-state index is 12.0. The first-order valence-electron chi connectivity index (χ1n) is 7.45. The standard InChI is InChI=1S/C15H25NO3/c1-9(2)3-10(4-14(17)18)8-16-15(19)13-6-11-5-12(11)7-13/h9-13H,3-8H2,1-2H3,(H,16,19)(H,17,18). The first-order chi connectivity index (χ1) is 8.95. The summed E-state index contributed by atoms with van der Waals surface area (Å²) >= 11 is 0. The van der Waals surface area contributed by atoms with Gasteiger partial charge in [-0.1, -0.05) is 13.8 Å². The van der Waals surface area contributed by atoms with Gasteiger partial charge in [-0.3, -0.25) is 9.59 Å². The summed E-state index contributed by atoms with van der Waals surface area (Å²) in [4.78, 5) is 22.9. The number of hydrogen-bond donors (Lipinski definition) is 2. The molecule has 0 saturated heterocycles. The van der Waals surface area contributed by atoms with Crippen LogP contribution in [0, 0.1) is 29.6 Å². The maximum Gasteiger partial charge on any atom is 0.303 e. The van der Waals surface area contributed by atoms with Crippen molar-refractivity contribution >= 4 is 11.9 Å². The van der Waals surface area contributed by atoms with E-state index in [-0.39, 0.29) is 24.2 Å². The van der Waals surface area contributed by atoms with Gasteiger partial charge in [0.05, 0.1) is 0 Å². The van der Waals surface area contributed by atoms with Gasteiger partial charge in [0.2, 0.25) is 5.91 Å². The van der Waals surface area contributed by atoms with Crippen LogP contribution in [0.4, 0.5) is 0 Å². The van der Waals surface area contributed by atoms with Crippen molar-refractivity contribution in [2.24, 2.45) is 29.6 Å². The van der Waals surface area contributed by atoms with Crippen molar-refractivity contribution in [1.29, 1.82) is 0 Å². The van der Waals surface area contributed by atoms with Gasteiger partial charge in [-0.25, -0.2) is 0 Å². The monoisotopic (exact) mass is 267 g/mol. The van der Waals surface area contributed by atoms with Crippen molar-refractivity contribution in [3.05, 3.63) is 0 Å². The molecule has 0 bridgehead atoms. The molecule has 0 radical (unpaired) electrons. The fourth-order valence-corrected chi connectivity index (χ4v) is 3.47. The second kappa shape index (κ2) is 5.93. The van der Waals surface area contributed by atoms with Gasteiger partial charge in [-0.15, -0.1) is 0 Å². The number of carbonyl (C=O) groups excluding carboxylic acids is 1. The number of aliphatic carboxylic acids is 1. The number of nitrogens with one attached hydrogen (secondary N) is 1. The van der Waals surface area contributed by atoms with Crippen molar-refractivity contribution < 1.29 is 14.7 Å². The number of carboxylic acids is 1. The molecule has 0 aromatic carbocycles.